The summed E-state index contributed by atoms with van der Waals surface area (Å²) in [7, 11) is 0. The zero-order valence-electron chi connectivity index (χ0n) is 19.5. The summed E-state index contributed by atoms with van der Waals surface area (Å²) in [5, 5.41) is 14.5. The van der Waals surface area contributed by atoms with Crippen LogP contribution in [0.3, 0.4) is 0 Å². The summed E-state index contributed by atoms with van der Waals surface area (Å²) in [6.07, 6.45) is -0.263. The van der Waals surface area contributed by atoms with Gasteiger partial charge in [-0.3, -0.25) is 9.59 Å². The van der Waals surface area contributed by atoms with Gasteiger partial charge in [-0.05, 0) is 48.4 Å². The van der Waals surface area contributed by atoms with Gasteiger partial charge in [0.2, 0.25) is 5.91 Å². The molecule has 3 rings (SSSR count). The predicted octanol–water partition coefficient (Wildman–Crippen LogP) is 4.17. The summed E-state index contributed by atoms with van der Waals surface area (Å²) in [5.41, 5.74) is 4.50. The van der Waals surface area contributed by atoms with Crippen LogP contribution in [0.4, 0.5) is 4.79 Å². The van der Waals surface area contributed by atoms with Crippen molar-refractivity contribution in [3.8, 4) is 11.1 Å². The zero-order chi connectivity index (χ0) is 24.1. The lowest BCUT2D eigenvalue weighted by molar-refractivity contribution is -0.142. The Morgan fingerprint density at radius 3 is 1.97 bits per heavy atom. The van der Waals surface area contributed by atoms with Crippen LogP contribution in [0.5, 0.6) is 0 Å². The van der Waals surface area contributed by atoms with E-state index in [1.807, 2.05) is 50.2 Å². The summed E-state index contributed by atoms with van der Waals surface area (Å²) in [5.74, 6) is -2.09. The topological polar surface area (TPSA) is 105 Å². The van der Waals surface area contributed by atoms with Crippen molar-refractivity contribution < 1.29 is 24.2 Å². The van der Waals surface area contributed by atoms with Gasteiger partial charge in [0.15, 0.2) is 0 Å². The minimum Gasteiger partial charge on any atom is -0.481 e. The van der Waals surface area contributed by atoms with E-state index in [1.54, 1.807) is 6.92 Å². The molecule has 0 aromatic heterocycles. The van der Waals surface area contributed by atoms with Crippen LogP contribution in [0.15, 0.2) is 48.5 Å². The lowest BCUT2D eigenvalue weighted by Gasteiger charge is -2.24. The maximum absolute atomic E-state index is 12.8. The van der Waals surface area contributed by atoms with Crippen molar-refractivity contribution in [1.29, 1.82) is 0 Å². The molecular formula is C26H32N2O5. The molecule has 7 heteroatoms. The SMILES string of the molecule is CC(C)C[C@@H](NC(=O)OCC1c2ccccc2-c2ccccc21)C(=O)NC(C)C(C)C(=O)O. The first-order valence-corrected chi connectivity index (χ1v) is 11.3. The molecule has 3 atom stereocenters. The Bertz CT molecular complexity index is 974. The van der Waals surface area contributed by atoms with Crippen molar-refractivity contribution in [2.45, 2.75) is 52.1 Å². The summed E-state index contributed by atoms with van der Waals surface area (Å²) in [6, 6.07) is 14.8. The van der Waals surface area contributed by atoms with Crippen molar-refractivity contribution in [3.05, 3.63) is 59.7 Å². The Labute approximate surface area is 194 Å². The van der Waals surface area contributed by atoms with E-state index < -0.39 is 36.0 Å². The van der Waals surface area contributed by atoms with Crippen molar-refractivity contribution in [1.82, 2.24) is 10.6 Å². The molecular weight excluding hydrogens is 420 g/mol. The molecule has 0 saturated heterocycles. The quantitative estimate of drug-likeness (QED) is 0.530. The molecule has 0 saturated carbocycles. The Morgan fingerprint density at radius 2 is 1.45 bits per heavy atom. The highest BCUT2D eigenvalue weighted by molar-refractivity contribution is 5.86. The smallest absolute Gasteiger partial charge is 0.407 e. The number of alkyl carbamates (subject to hydrolysis) is 1. The van der Waals surface area contributed by atoms with Crippen molar-refractivity contribution in [2.75, 3.05) is 6.61 Å². The Hall–Kier alpha value is -3.35. The van der Waals surface area contributed by atoms with Crippen molar-refractivity contribution in [2.24, 2.45) is 11.8 Å². The third-order valence-electron chi connectivity index (χ3n) is 6.17. The van der Waals surface area contributed by atoms with Crippen LogP contribution in [0.25, 0.3) is 11.1 Å². The Kier molecular flexibility index (Phi) is 7.74. The highest BCUT2D eigenvalue weighted by atomic mass is 16.5. The molecule has 33 heavy (non-hydrogen) atoms. The van der Waals surface area contributed by atoms with Crippen LogP contribution >= 0.6 is 0 Å². The van der Waals surface area contributed by atoms with Crippen LogP contribution in [-0.2, 0) is 14.3 Å². The number of fused-ring (bicyclic) bond motifs is 3. The van der Waals surface area contributed by atoms with Gasteiger partial charge in [0.05, 0.1) is 5.92 Å². The van der Waals surface area contributed by atoms with Crippen LogP contribution in [0.1, 0.15) is 51.2 Å². The molecule has 0 bridgehead atoms. The Balaban J connectivity index is 1.65. The first kappa shape index (κ1) is 24.3. The number of ether oxygens (including phenoxy) is 1. The highest BCUT2D eigenvalue weighted by Crippen LogP contribution is 2.44. The molecule has 7 nitrogen and oxygen atoms in total. The number of hydrogen-bond acceptors (Lipinski definition) is 4. The molecule has 1 aliphatic carbocycles. The first-order chi connectivity index (χ1) is 15.7. The second kappa shape index (κ2) is 10.5. The minimum absolute atomic E-state index is 0.0723. The van der Waals surface area contributed by atoms with Gasteiger partial charge in [-0.15, -0.1) is 0 Å². The lowest BCUT2D eigenvalue weighted by atomic mass is 9.98. The molecule has 2 unspecified atom stereocenters. The number of carbonyl (C=O) groups excluding carboxylic acids is 2. The first-order valence-electron chi connectivity index (χ1n) is 11.3. The zero-order valence-corrected chi connectivity index (χ0v) is 19.5. The molecule has 1 aliphatic rings. The molecule has 2 amide bonds. The largest absolute Gasteiger partial charge is 0.481 e. The van der Waals surface area contributed by atoms with Crippen molar-refractivity contribution >= 4 is 18.0 Å². The number of aliphatic carboxylic acids is 1. The molecule has 176 valence electrons. The maximum atomic E-state index is 12.8. The molecule has 3 N–H and O–H groups in total. The van der Waals surface area contributed by atoms with Crippen LogP contribution in [0.2, 0.25) is 0 Å². The summed E-state index contributed by atoms with van der Waals surface area (Å²) in [6.45, 7) is 7.22. The van der Waals surface area contributed by atoms with Crippen LogP contribution < -0.4 is 10.6 Å². The fourth-order valence-corrected chi connectivity index (χ4v) is 4.15. The van der Waals surface area contributed by atoms with E-state index in [0.29, 0.717) is 6.42 Å². The number of carboxylic acid groups (broad SMARTS) is 1. The Morgan fingerprint density at radius 1 is 0.909 bits per heavy atom. The average Bonchev–Trinajstić information content (AvgIpc) is 3.10. The molecule has 0 fully saturated rings. The number of carboxylic acids is 1. The normalized spacial score (nSPS) is 15.2. The van der Waals surface area contributed by atoms with E-state index in [9.17, 15) is 14.4 Å². The van der Waals surface area contributed by atoms with Crippen molar-refractivity contribution in [3.63, 3.8) is 0 Å². The number of rotatable bonds is 9. The summed E-state index contributed by atoms with van der Waals surface area (Å²) in [4.78, 5) is 36.6. The van der Waals surface area contributed by atoms with Gasteiger partial charge < -0.3 is 20.5 Å². The van der Waals surface area contributed by atoms with Gasteiger partial charge in [0.25, 0.3) is 0 Å². The minimum atomic E-state index is -0.993. The van der Waals surface area contributed by atoms with E-state index in [2.05, 4.69) is 22.8 Å². The number of carbonyl (C=O) groups is 3. The van der Waals surface area contributed by atoms with Gasteiger partial charge in [-0.1, -0.05) is 62.4 Å². The fraction of sp³-hybridized carbons (Fsp3) is 0.423. The van der Waals surface area contributed by atoms with Gasteiger partial charge in [-0.25, -0.2) is 4.79 Å². The number of amides is 2. The third kappa shape index (κ3) is 5.72. The number of benzene rings is 2. The van der Waals surface area contributed by atoms with E-state index in [0.717, 1.165) is 22.3 Å². The molecule has 2 aromatic rings. The summed E-state index contributed by atoms with van der Waals surface area (Å²) < 4.78 is 5.57. The average molecular weight is 453 g/mol. The van der Waals surface area contributed by atoms with Gasteiger partial charge in [-0.2, -0.15) is 0 Å². The molecule has 0 aliphatic heterocycles. The lowest BCUT2D eigenvalue weighted by Crippen LogP contribution is -2.51. The molecule has 0 radical (unpaired) electrons. The number of nitrogens with one attached hydrogen (secondary N) is 2. The van der Waals surface area contributed by atoms with Gasteiger partial charge in [0.1, 0.15) is 12.6 Å². The second-order valence-electron chi connectivity index (χ2n) is 9.08. The van der Waals surface area contributed by atoms with E-state index in [-0.39, 0.29) is 18.4 Å². The number of hydrogen-bond donors (Lipinski definition) is 3. The van der Waals surface area contributed by atoms with E-state index in [1.165, 1.54) is 6.92 Å². The third-order valence-corrected chi connectivity index (χ3v) is 6.17. The van der Waals surface area contributed by atoms with Crippen LogP contribution in [0, 0.1) is 11.8 Å². The molecule has 0 heterocycles. The predicted molar refractivity (Wildman–Crippen MR) is 126 cm³/mol. The fourth-order valence-electron chi connectivity index (χ4n) is 4.15. The van der Waals surface area contributed by atoms with Crippen LogP contribution in [-0.4, -0.2) is 41.8 Å². The standard InChI is InChI=1S/C26H32N2O5/c1-15(2)13-23(24(29)27-17(4)16(3)25(30)31)28-26(32)33-14-22-20-11-7-5-9-18(20)19-10-6-8-12-21(19)22/h5-12,15-17,22-23H,13-14H2,1-4H3,(H,27,29)(H,28,32)(H,30,31)/t16?,17?,23-/m1/s1. The summed E-state index contributed by atoms with van der Waals surface area (Å²) >= 11 is 0. The van der Waals surface area contributed by atoms with Gasteiger partial charge in [0, 0.05) is 12.0 Å². The monoisotopic (exact) mass is 452 g/mol. The molecule has 2 aromatic carbocycles. The van der Waals surface area contributed by atoms with E-state index in [4.69, 9.17) is 9.84 Å². The highest BCUT2D eigenvalue weighted by Gasteiger charge is 2.30. The molecule has 0 spiro atoms. The maximum Gasteiger partial charge on any atom is 0.407 e. The van der Waals surface area contributed by atoms with E-state index >= 15 is 0 Å². The van der Waals surface area contributed by atoms with Gasteiger partial charge >= 0.3 is 12.1 Å². The second-order valence-corrected chi connectivity index (χ2v) is 9.08.